The van der Waals surface area contributed by atoms with Crippen molar-refractivity contribution < 1.29 is 9.53 Å². The van der Waals surface area contributed by atoms with E-state index >= 15 is 0 Å². The molecule has 1 rings (SSSR count). The van der Waals surface area contributed by atoms with E-state index in [2.05, 4.69) is 26.1 Å². The zero-order chi connectivity index (χ0) is 16.0. The summed E-state index contributed by atoms with van der Waals surface area (Å²) in [5, 5.41) is 3.23. The van der Waals surface area contributed by atoms with Crippen molar-refractivity contribution in [2.45, 2.75) is 59.1 Å². The highest BCUT2D eigenvalue weighted by Crippen LogP contribution is 2.21. The molecule has 0 saturated carbocycles. The second kappa shape index (κ2) is 7.46. The van der Waals surface area contributed by atoms with Crippen molar-refractivity contribution in [1.82, 2.24) is 5.32 Å². The molecule has 0 aromatic heterocycles. The van der Waals surface area contributed by atoms with Crippen LogP contribution in [0, 0.1) is 13.8 Å². The summed E-state index contributed by atoms with van der Waals surface area (Å²) in [5.74, 6) is 0.486. The molecule has 0 spiro atoms. The molecule has 2 unspecified atom stereocenters. The number of carbonyl (C=O) groups excluding carboxylic acids is 1. The molecule has 0 aliphatic carbocycles. The van der Waals surface area contributed by atoms with Gasteiger partial charge in [-0.15, -0.1) is 0 Å². The summed E-state index contributed by atoms with van der Waals surface area (Å²) in [6.45, 7) is 10.7. The fourth-order valence-electron chi connectivity index (χ4n) is 2.30. The molecular formula is C17H28N2O2. The lowest BCUT2D eigenvalue weighted by atomic mass is 9.93. The van der Waals surface area contributed by atoms with Gasteiger partial charge in [0.15, 0.2) is 0 Å². The maximum Gasteiger partial charge on any atom is 0.237 e. The van der Waals surface area contributed by atoms with Gasteiger partial charge in [0, 0.05) is 6.42 Å². The monoisotopic (exact) mass is 292 g/mol. The third kappa shape index (κ3) is 5.05. The van der Waals surface area contributed by atoms with E-state index < -0.39 is 5.54 Å². The van der Waals surface area contributed by atoms with Gasteiger partial charge in [-0.25, -0.2) is 0 Å². The van der Waals surface area contributed by atoms with Crippen LogP contribution in [0.2, 0.25) is 0 Å². The van der Waals surface area contributed by atoms with Crippen molar-refractivity contribution in [1.29, 1.82) is 0 Å². The Morgan fingerprint density at radius 1 is 1.38 bits per heavy atom. The van der Waals surface area contributed by atoms with E-state index in [1.54, 1.807) is 0 Å². The summed E-state index contributed by atoms with van der Waals surface area (Å²) in [6.07, 6.45) is 1.39. The smallest absolute Gasteiger partial charge is 0.237 e. The van der Waals surface area contributed by atoms with Gasteiger partial charge in [-0.1, -0.05) is 13.0 Å². The van der Waals surface area contributed by atoms with Crippen LogP contribution in [-0.4, -0.2) is 24.1 Å². The maximum absolute atomic E-state index is 11.7. The first-order chi connectivity index (χ1) is 9.78. The number of hydrogen-bond donors (Lipinski definition) is 2. The molecule has 1 amide bonds. The van der Waals surface area contributed by atoms with Gasteiger partial charge >= 0.3 is 0 Å². The minimum atomic E-state index is -0.741. The number of aryl methyl sites for hydroxylation is 2. The highest BCUT2D eigenvalue weighted by atomic mass is 16.5. The second-order valence-electron chi connectivity index (χ2n) is 6.00. The summed E-state index contributed by atoms with van der Waals surface area (Å²) >= 11 is 0. The number of rotatable bonds is 8. The fraction of sp³-hybridized carbons (Fsp3) is 0.588. The molecule has 0 fully saturated rings. The number of nitrogens with two attached hydrogens (primary N) is 1. The summed E-state index contributed by atoms with van der Waals surface area (Å²) in [4.78, 5) is 11.7. The van der Waals surface area contributed by atoms with Gasteiger partial charge in [0.05, 0.1) is 11.6 Å². The SMILES string of the molecule is CCCNC(C)(CC(C)Oc1ccc(C)c(C)c1)C(N)=O. The Morgan fingerprint density at radius 3 is 2.57 bits per heavy atom. The minimum absolute atomic E-state index is 0.103. The molecular weight excluding hydrogens is 264 g/mol. The third-order valence-corrected chi connectivity index (χ3v) is 3.82. The Balaban J connectivity index is 2.71. The maximum atomic E-state index is 11.7. The average molecular weight is 292 g/mol. The molecule has 0 aliphatic rings. The zero-order valence-corrected chi connectivity index (χ0v) is 13.8. The van der Waals surface area contributed by atoms with E-state index in [0.717, 1.165) is 18.7 Å². The molecule has 2 atom stereocenters. The molecule has 118 valence electrons. The Hall–Kier alpha value is -1.55. The predicted octanol–water partition coefficient (Wildman–Crippen LogP) is 2.70. The molecule has 3 N–H and O–H groups in total. The summed E-state index contributed by atoms with van der Waals surface area (Å²) in [6, 6.07) is 6.02. The molecule has 0 radical (unpaired) electrons. The molecule has 4 heteroatoms. The van der Waals surface area contributed by atoms with E-state index in [1.807, 2.05) is 32.0 Å². The van der Waals surface area contributed by atoms with Crippen LogP contribution in [0.5, 0.6) is 5.75 Å². The van der Waals surface area contributed by atoms with Crippen LogP contribution in [0.1, 0.15) is 44.7 Å². The van der Waals surface area contributed by atoms with Crippen molar-refractivity contribution in [2.75, 3.05) is 6.54 Å². The average Bonchev–Trinajstić information content (AvgIpc) is 2.40. The largest absolute Gasteiger partial charge is 0.491 e. The topological polar surface area (TPSA) is 64.3 Å². The third-order valence-electron chi connectivity index (χ3n) is 3.82. The number of nitrogens with one attached hydrogen (secondary N) is 1. The Bertz CT molecular complexity index is 488. The molecule has 21 heavy (non-hydrogen) atoms. The van der Waals surface area contributed by atoms with Gasteiger partial charge < -0.3 is 15.8 Å². The number of carbonyl (C=O) groups is 1. The van der Waals surface area contributed by atoms with Crippen molar-refractivity contribution in [3.8, 4) is 5.75 Å². The molecule has 0 aliphatic heterocycles. The zero-order valence-electron chi connectivity index (χ0n) is 13.8. The Kier molecular flexibility index (Phi) is 6.21. The van der Waals surface area contributed by atoms with Crippen LogP contribution in [0.25, 0.3) is 0 Å². The molecule has 0 saturated heterocycles. The lowest BCUT2D eigenvalue weighted by Crippen LogP contribution is -2.55. The first kappa shape index (κ1) is 17.5. The van der Waals surface area contributed by atoms with Gasteiger partial charge in [-0.05, 0) is 63.9 Å². The lowest BCUT2D eigenvalue weighted by Gasteiger charge is -2.30. The predicted molar refractivity (Wildman–Crippen MR) is 86.5 cm³/mol. The number of ether oxygens (including phenoxy) is 1. The standard InChI is InChI=1S/C17H28N2O2/c1-6-9-19-17(5,16(18)20)11-14(4)21-15-8-7-12(2)13(3)10-15/h7-8,10,14,19H,6,9,11H2,1-5H3,(H2,18,20). The van der Waals surface area contributed by atoms with E-state index in [-0.39, 0.29) is 12.0 Å². The Labute approximate surface area is 128 Å². The van der Waals surface area contributed by atoms with Crippen LogP contribution in [-0.2, 0) is 4.79 Å². The van der Waals surface area contributed by atoms with Crippen LogP contribution in [0.4, 0.5) is 0 Å². The van der Waals surface area contributed by atoms with Gasteiger partial charge in [0.1, 0.15) is 5.75 Å². The lowest BCUT2D eigenvalue weighted by molar-refractivity contribution is -0.124. The number of benzene rings is 1. The molecule has 0 heterocycles. The van der Waals surface area contributed by atoms with Gasteiger partial charge in [0.25, 0.3) is 0 Å². The summed E-state index contributed by atoms with van der Waals surface area (Å²) < 4.78 is 5.93. The van der Waals surface area contributed by atoms with Gasteiger partial charge in [0.2, 0.25) is 5.91 Å². The number of amides is 1. The van der Waals surface area contributed by atoms with Crippen LogP contribution >= 0.6 is 0 Å². The highest BCUT2D eigenvalue weighted by Gasteiger charge is 2.32. The molecule has 0 bridgehead atoms. The molecule has 1 aromatic rings. The van der Waals surface area contributed by atoms with E-state index in [4.69, 9.17) is 10.5 Å². The minimum Gasteiger partial charge on any atom is -0.491 e. The first-order valence-electron chi connectivity index (χ1n) is 7.57. The van der Waals surface area contributed by atoms with Gasteiger partial charge in [-0.3, -0.25) is 4.79 Å². The van der Waals surface area contributed by atoms with E-state index in [0.29, 0.717) is 6.42 Å². The van der Waals surface area contributed by atoms with Crippen molar-refractivity contribution in [3.05, 3.63) is 29.3 Å². The first-order valence-corrected chi connectivity index (χ1v) is 7.57. The van der Waals surface area contributed by atoms with Crippen LogP contribution in [0.15, 0.2) is 18.2 Å². The van der Waals surface area contributed by atoms with Crippen molar-refractivity contribution in [3.63, 3.8) is 0 Å². The Morgan fingerprint density at radius 2 is 2.05 bits per heavy atom. The van der Waals surface area contributed by atoms with Gasteiger partial charge in [-0.2, -0.15) is 0 Å². The fourth-order valence-corrected chi connectivity index (χ4v) is 2.30. The van der Waals surface area contributed by atoms with Crippen molar-refractivity contribution in [2.24, 2.45) is 5.73 Å². The summed E-state index contributed by atoms with van der Waals surface area (Å²) in [5.41, 5.74) is 7.23. The van der Waals surface area contributed by atoms with Crippen LogP contribution in [0.3, 0.4) is 0 Å². The normalized spacial score (nSPS) is 15.3. The van der Waals surface area contributed by atoms with E-state index in [9.17, 15) is 4.79 Å². The van der Waals surface area contributed by atoms with Crippen molar-refractivity contribution >= 4 is 5.91 Å². The number of hydrogen-bond acceptors (Lipinski definition) is 3. The van der Waals surface area contributed by atoms with Crippen LogP contribution < -0.4 is 15.8 Å². The number of primary amides is 1. The summed E-state index contributed by atoms with van der Waals surface area (Å²) in [7, 11) is 0. The highest BCUT2D eigenvalue weighted by molar-refractivity contribution is 5.84. The second-order valence-corrected chi connectivity index (χ2v) is 6.00. The molecule has 4 nitrogen and oxygen atoms in total. The quantitative estimate of drug-likeness (QED) is 0.774. The van der Waals surface area contributed by atoms with E-state index in [1.165, 1.54) is 11.1 Å². The molecule has 1 aromatic carbocycles.